The van der Waals surface area contributed by atoms with Crippen LogP contribution in [0.2, 0.25) is 0 Å². The van der Waals surface area contributed by atoms with E-state index in [0.29, 0.717) is 30.0 Å². The number of amides is 1. The number of nitrogens with one attached hydrogen (secondary N) is 1. The average molecular weight is 477 g/mol. The summed E-state index contributed by atoms with van der Waals surface area (Å²) in [6.07, 6.45) is 3.78. The Morgan fingerprint density at radius 2 is 2.00 bits per heavy atom. The number of ether oxygens (including phenoxy) is 1. The number of carbonyl (C=O) groups is 1. The van der Waals surface area contributed by atoms with E-state index in [1.807, 2.05) is 63.2 Å². The summed E-state index contributed by atoms with van der Waals surface area (Å²) in [5.74, 6) is 1.53. The Labute approximate surface area is 204 Å². The molecule has 4 rings (SSSR count). The second-order valence-electron chi connectivity index (χ2n) is 8.70. The maximum atomic E-state index is 13.4. The van der Waals surface area contributed by atoms with Crippen LogP contribution in [0.4, 0.5) is 0 Å². The molecule has 8 nitrogen and oxygen atoms in total. The second kappa shape index (κ2) is 10.6. The number of hydrogen-bond donors (Lipinski definition) is 1. The van der Waals surface area contributed by atoms with Crippen LogP contribution < -0.4 is 15.6 Å². The summed E-state index contributed by atoms with van der Waals surface area (Å²) in [7, 11) is 1.62. The summed E-state index contributed by atoms with van der Waals surface area (Å²) >= 11 is 0. The van der Waals surface area contributed by atoms with Gasteiger partial charge in [0.05, 0.1) is 19.1 Å². The van der Waals surface area contributed by atoms with Gasteiger partial charge in [0, 0.05) is 48.3 Å². The van der Waals surface area contributed by atoms with Gasteiger partial charge in [-0.25, -0.2) is 0 Å². The molecule has 0 radical (unpaired) electrons. The molecule has 35 heavy (non-hydrogen) atoms. The minimum Gasteiger partial charge on any atom is -0.496 e. The summed E-state index contributed by atoms with van der Waals surface area (Å²) in [5.41, 5.74) is 3.48. The van der Waals surface area contributed by atoms with Crippen LogP contribution in [0.15, 0.2) is 57.9 Å². The molecule has 1 unspecified atom stereocenters. The first kappa shape index (κ1) is 24.3. The highest BCUT2D eigenvalue weighted by molar-refractivity contribution is 5.76. The summed E-state index contributed by atoms with van der Waals surface area (Å²) in [6.45, 7) is 6.62. The van der Waals surface area contributed by atoms with Gasteiger partial charge in [0.1, 0.15) is 17.2 Å². The number of hydrogen-bond acceptors (Lipinski definition) is 5. The Morgan fingerprint density at radius 1 is 1.20 bits per heavy atom. The van der Waals surface area contributed by atoms with E-state index in [9.17, 15) is 9.59 Å². The predicted molar refractivity (Wildman–Crippen MR) is 135 cm³/mol. The van der Waals surface area contributed by atoms with Crippen LogP contribution in [-0.2, 0) is 24.2 Å². The Balaban J connectivity index is 1.54. The zero-order chi connectivity index (χ0) is 24.9. The summed E-state index contributed by atoms with van der Waals surface area (Å²) in [6, 6.07) is 13.3. The van der Waals surface area contributed by atoms with Gasteiger partial charge in [0.25, 0.3) is 5.56 Å². The number of furan rings is 1. The number of carbonyl (C=O) groups excluding carboxylic acids is 1. The van der Waals surface area contributed by atoms with Crippen LogP contribution in [0, 0.1) is 6.92 Å². The third-order valence-corrected chi connectivity index (χ3v) is 6.37. The minimum absolute atomic E-state index is 0.0120. The van der Waals surface area contributed by atoms with Crippen LogP contribution in [0.25, 0.3) is 16.9 Å². The second-order valence-corrected chi connectivity index (χ2v) is 8.70. The molecule has 0 fully saturated rings. The molecule has 8 heteroatoms. The lowest BCUT2D eigenvalue weighted by Gasteiger charge is -2.16. The van der Waals surface area contributed by atoms with Crippen molar-refractivity contribution in [2.24, 2.45) is 0 Å². The van der Waals surface area contributed by atoms with Crippen LogP contribution in [0.5, 0.6) is 5.75 Å². The molecule has 4 aromatic rings. The molecule has 3 aromatic heterocycles. The molecule has 0 aliphatic carbocycles. The van der Waals surface area contributed by atoms with Crippen molar-refractivity contribution in [2.75, 3.05) is 7.11 Å². The molecule has 1 aromatic carbocycles. The number of fused-ring (bicyclic) bond motifs is 1. The molecule has 0 bridgehead atoms. The third-order valence-electron chi connectivity index (χ3n) is 6.37. The smallest absolute Gasteiger partial charge is 0.277 e. The van der Waals surface area contributed by atoms with Crippen molar-refractivity contribution < 1.29 is 13.9 Å². The van der Waals surface area contributed by atoms with Crippen LogP contribution in [0.1, 0.15) is 43.7 Å². The lowest BCUT2D eigenvalue weighted by Crippen LogP contribution is -2.34. The van der Waals surface area contributed by atoms with Gasteiger partial charge in [-0.15, -0.1) is 0 Å². The highest BCUT2D eigenvalue weighted by Gasteiger charge is 2.19. The fourth-order valence-corrected chi connectivity index (χ4v) is 4.48. The lowest BCUT2D eigenvalue weighted by molar-refractivity contribution is -0.121. The van der Waals surface area contributed by atoms with Crippen molar-refractivity contribution in [1.82, 2.24) is 19.5 Å². The highest BCUT2D eigenvalue weighted by Crippen LogP contribution is 2.29. The Morgan fingerprint density at radius 3 is 2.71 bits per heavy atom. The molecule has 0 aliphatic heterocycles. The van der Waals surface area contributed by atoms with Crippen LogP contribution >= 0.6 is 0 Å². The first-order valence-electron chi connectivity index (χ1n) is 12.0. The Bertz CT molecular complexity index is 1370. The van der Waals surface area contributed by atoms with Crippen molar-refractivity contribution in [3.8, 4) is 17.0 Å². The molecular formula is C27H32N4O4. The third kappa shape index (κ3) is 5.16. The summed E-state index contributed by atoms with van der Waals surface area (Å²) in [4.78, 5) is 26.0. The predicted octanol–water partition coefficient (Wildman–Crippen LogP) is 4.16. The maximum Gasteiger partial charge on any atom is 0.277 e. The van der Waals surface area contributed by atoms with Crippen LogP contribution in [0.3, 0.4) is 0 Å². The van der Waals surface area contributed by atoms with E-state index in [1.165, 1.54) is 4.52 Å². The van der Waals surface area contributed by atoms with Gasteiger partial charge in [-0.2, -0.15) is 9.61 Å². The van der Waals surface area contributed by atoms with Crippen LogP contribution in [-0.4, -0.2) is 33.2 Å². The molecule has 1 amide bonds. The van der Waals surface area contributed by atoms with Gasteiger partial charge in [-0.1, -0.05) is 12.1 Å². The number of aryl methyl sites for hydroxylation is 2. The van der Waals surface area contributed by atoms with E-state index in [0.717, 1.165) is 35.5 Å². The van der Waals surface area contributed by atoms with E-state index < -0.39 is 0 Å². The number of aromatic nitrogens is 3. The fraction of sp³-hybridized carbons (Fsp3) is 0.370. The number of benzene rings is 1. The van der Waals surface area contributed by atoms with E-state index in [4.69, 9.17) is 9.15 Å². The first-order chi connectivity index (χ1) is 16.9. The van der Waals surface area contributed by atoms with Gasteiger partial charge in [-0.3, -0.25) is 9.59 Å². The lowest BCUT2D eigenvalue weighted by atomic mass is 10.1. The molecular weight excluding hydrogens is 444 g/mol. The van der Waals surface area contributed by atoms with Gasteiger partial charge >= 0.3 is 0 Å². The standard InChI is InChI=1S/C27H32N4O4/c1-5-30-19(3)21(14-15-25(32)28-18(2)12-13-20-9-8-16-35-20)27(33)31-26(30)17-23(29-31)22-10-6-7-11-24(22)34-4/h6-11,16-18H,5,12-15H2,1-4H3,(H,28,32). The molecule has 0 spiro atoms. The summed E-state index contributed by atoms with van der Waals surface area (Å²) in [5, 5.41) is 7.65. The van der Waals surface area contributed by atoms with Crippen molar-refractivity contribution in [3.05, 3.63) is 76.1 Å². The van der Waals surface area contributed by atoms with E-state index in [2.05, 4.69) is 15.0 Å². The number of rotatable bonds is 10. The quantitative estimate of drug-likeness (QED) is 0.371. The molecule has 184 valence electrons. The topological polar surface area (TPSA) is 90.8 Å². The van der Waals surface area contributed by atoms with E-state index >= 15 is 0 Å². The Hall–Kier alpha value is -3.81. The van der Waals surface area contributed by atoms with Crippen molar-refractivity contribution >= 4 is 11.6 Å². The van der Waals surface area contributed by atoms with Crippen molar-refractivity contribution in [1.29, 1.82) is 0 Å². The highest BCUT2D eigenvalue weighted by atomic mass is 16.5. The van der Waals surface area contributed by atoms with E-state index in [-0.39, 0.29) is 23.9 Å². The van der Waals surface area contributed by atoms with Gasteiger partial charge < -0.3 is 19.0 Å². The SMILES string of the molecule is CCn1c(C)c(CCC(=O)NC(C)CCc2ccco2)c(=O)n2nc(-c3ccccc3OC)cc12. The minimum atomic E-state index is -0.193. The molecule has 0 saturated heterocycles. The first-order valence-corrected chi connectivity index (χ1v) is 12.0. The normalized spacial score (nSPS) is 12.1. The number of methoxy groups -OCH3 is 1. The van der Waals surface area contributed by atoms with Crippen molar-refractivity contribution in [3.63, 3.8) is 0 Å². The largest absolute Gasteiger partial charge is 0.496 e. The zero-order valence-electron chi connectivity index (χ0n) is 20.7. The van der Waals surface area contributed by atoms with Gasteiger partial charge in [0.15, 0.2) is 0 Å². The molecule has 0 aliphatic rings. The van der Waals surface area contributed by atoms with Crippen molar-refractivity contribution in [2.45, 2.75) is 59.0 Å². The number of para-hydroxylation sites is 1. The molecule has 1 atom stereocenters. The van der Waals surface area contributed by atoms with Gasteiger partial charge in [0.2, 0.25) is 5.91 Å². The molecule has 0 saturated carbocycles. The summed E-state index contributed by atoms with van der Waals surface area (Å²) < 4.78 is 14.3. The Kier molecular flexibility index (Phi) is 7.39. The van der Waals surface area contributed by atoms with E-state index in [1.54, 1.807) is 13.4 Å². The molecule has 3 heterocycles. The maximum absolute atomic E-state index is 13.4. The monoisotopic (exact) mass is 476 g/mol. The zero-order valence-corrected chi connectivity index (χ0v) is 20.7. The molecule has 1 N–H and O–H groups in total. The average Bonchev–Trinajstić information content (AvgIpc) is 3.53. The van der Waals surface area contributed by atoms with Gasteiger partial charge in [-0.05, 0) is 57.9 Å². The fourth-order valence-electron chi connectivity index (χ4n) is 4.48. The number of nitrogens with zero attached hydrogens (tertiary/aromatic N) is 3.